The van der Waals surface area contributed by atoms with E-state index in [1.807, 2.05) is 138 Å². The molecule has 318 valence electrons. The molecule has 0 aliphatic rings. The van der Waals surface area contributed by atoms with Gasteiger partial charge in [-0.25, -0.2) is 0 Å². The van der Waals surface area contributed by atoms with Gasteiger partial charge in [-0.3, -0.25) is 9.59 Å². The van der Waals surface area contributed by atoms with Crippen LogP contribution in [0.25, 0.3) is 50.0 Å². The van der Waals surface area contributed by atoms with E-state index in [9.17, 15) is 19.8 Å². The number of carbonyl (C=O) groups excluding carboxylic acids is 2. The molecule has 6 aromatic rings. The van der Waals surface area contributed by atoms with Crippen molar-refractivity contribution in [2.75, 3.05) is 0 Å². The van der Waals surface area contributed by atoms with Crippen molar-refractivity contribution in [1.82, 2.24) is 14.5 Å². The smallest absolute Gasteiger partial charge is 0.164 e. The zero-order chi connectivity index (χ0) is 42.3. The van der Waals surface area contributed by atoms with Gasteiger partial charge in [0.15, 0.2) is 11.6 Å². The van der Waals surface area contributed by atoms with E-state index in [2.05, 4.69) is 75.2 Å². The third-order valence-electron chi connectivity index (χ3n) is 9.08. The zero-order valence-corrected chi connectivity index (χ0v) is 39.3. The SMILES string of the molecule is CC(C)(C)C(=O)/C=C(\O)C(C)(C)C.CC(C)(C)C(=O)/C=C(\O)C(C)(C)C.[Pd].[Pd].[c-]1cc2c(cc1-c1ccccn1)c1cc(-c3ccccn3)[c-]cc1n2-c1ccccc1. The summed E-state index contributed by atoms with van der Waals surface area (Å²) >= 11 is 0. The molecular formula is C50H57N3O4Pd2-2. The standard InChI is InChI=1S/C28H17N3.2C11H20O2.2Pd/c1-2-8-22(9-3-1)31-27-14-12-20(25-10-4-6-16-29-25)18-23(27)24-19-21(13-15-28(24)31)26-11-5-7-17-30-26;2*1-10(2,3)8(12)7-9(13)11(4,5)6;;/h1-11,14-19H;2*7,12H,1-6H3;;/q-2;;;;/b;2*8-7-;;. The molecule has 0 aliphatic heterocycles. The van der Waals surface area contributed by atoms with E-state index in [1.165, 1.54) is 12.2 Å². The van der Waals surface area contributed by atoms with Gasteiger partial charge in [0.2, 0.25) is 0 Å². The number of hydrogen-bond donors (Lipinski definition) is 2. The third-order valence-corrected chi connectivity index (χ3v) is 9.08. The minimum absolute atomic E-state index is 0. The number of aliphatic hydroxyl groups is 2. The molecule has 59 heavy (non-hydrogen) atoms. The van der Waals surface area contributed by atoms with E-state index >= 15 is 0 Å². The molecule has 7 nitrogen and oxygen atoms in total. The molecule has 0 aliphatic carbocycles. The average molecular weight is 977 g/mol. The van der Waals surface area contributed by atoms with Crippen LogP contribution in [0, 0.1) is 33.8 Å². The van der Waals surface area contributed by atoms with Crippen LogP contribution in [-0.4, -0.2) is 36.3 Å². The Morgan fingerprint density at radius 3 is 1.20 bits per heavy atom. The van der Waals surface area contributed by atoms with Crippen molar-refractivity contribution >= 4 is 33.4 Å². The van der Waals surface area contributed by atoms with E-state index in [1.54, 1.807) is 0 Å². The molecule has 3 aromatic carbocycles. The number of carbonyl (C=O) groups is 2. The van der Waals surface area contributed by atoms with Gasteiger partial charge in [0.05, 0.1) is 0 Å². The number of benzene rings is 3. The molecule has 9 heteroatoms. The molecule has 3 heterocycles. The molecule has 0 spiro atoms. The molecule has 0 unspecified atom stereocenters. The summed E-state index contributed by atoms with van der Waals surface area (Å²) in [6, 6.07) is 37.7. The van der Waals surface area contributed by atoms with Crippen molar-refractivity contribution in [3.8, 4) is 28.2 Å². The zero-order valence-electron chi connectivity index (χ0n) is 36.2. The first-order chi connectivity index (χ1) is 26.5. The Bertz CT molecular complexity index is 2230. The average Bonchev–Trinajstić information content (AvgIpc) is 3.48. The van der Waals surface area contributed by atoms with Crippen molar-refractivity contribution in [2.45, 2.75) is 83.1 Å². The van der Waals surface area contributed by atoms with Crippen LogP contribution in [0.1, 0.15) is 83.1 Å². The van der Waals surface area contributed by atoms with Crippen LogP contribution in [0.2, 0.25) is 0 Å². The minimum atomic E-state index is -0.417. The normalized spacial score (nSPS) is 12.3. The Labute approximate surface area is 378 Å². The quantitative estimate of drug-likeness (QED) is 0.0772. The predicted octanol–water partition coefficient (Wildman–Crippen LogP) is 12.7. The van der Waals surface area contributed by atoms with E-state index in [4.69, 9.17) is 0 Å². The van der Waals surface area contributed by atoms with Gasteiger partial charge < -0.3 is 24.7 Å². The molecule has 0 amide bonds. The first kappa shape index (κ1) is 50.6. The minimum Gasteiger partial charge on any atom is -0.512 e. The van der Waals surface area contributed by atoms with E-state index in [-0.39, 0.29) is 74.8 Å². The topological polar surface area (TPSA) is 105 Å². The molecule has 2 N–H and O–H groups in total. The molecule has 0 atom stereocenters. The Kier molecular flexibility index (Phi) is 17.7. The molecule has 0 bridgehead atoms. The van der Waals surface area contributed by atoms with E-state index < -0.39 is 10.8 Å². The number of aliphatic hydroxyl groups excluding tert-OH is 2. The van der Waals surface area contributed by atoms with Crippen molar-refractivity contribution in [3.63, 3.8) is 0 Å². The molecule has 0 saturated carbocycles. The van der Waals surface area contributed by atoms with Crippen molar-refractivity contribution in [1.29, 1.82) is 0 Å². The van der Waals surface area contributed by atoms with Crippen LogP contribution < -0.4 is 0 Å². The van der Waals surface area contributed by atoms with Gasteiger partial charge in [0.1, 0.15) is 11.5 Å². The van der Waals surface area contributed by atoms with Crippen molar-refractivity contribution in [2.24, 2.45) is 21.7 Å². The Morgan fingerprint density at radius 1 is 0.542 bits per heavy atom. The number of allylic oxidation sites excluding steroid dienone is 4. The van der Waals surface area contributed by atoms with Gasteiger partial charge in [-0.1, -0.05) is 136 Å². The number of hydrogen-bond acceptors (Lipinski definition) is 6. The second-order valence-corrected chi connectivity index (χ2v) is 18.2. The second-order valence-electron chi connectivity index (χ2n) is 18.2. The Morgan fingerprint density at radius 2 is 0.898 bits per heavy atom. The largest absolute Gasteiger partial charge is 0.512 e. The predicted molar refractivity (Wildman–Crippen MR) is 234 cm³/mol. The Hall–Kier alpha value is -4.50. The van der Waals surface area contributed by atoms with Crippen molar-refractivity contribution in [3.05, 3.63) is 139 Å². The van der Waals surface area contributed by atoms with Gasteiger partial charge in [0.25, 0.3) is 0 Å². The van der Waals surface area contributed by atoms with Gasteiger partial charge in [-0.2, -0.15) is 0 Å². The van der Waals surface area contributed by atoms with Crippen LogP contribution in [-0.2, 0) is 50.4 Å². The molecule has 0 fully saturated rings. The van der Waals surface area contributed by atoms with Crippen LogP contribution >= 0.6 is 0 Å². The first-order valence-corrected chi connectivity index (χ1v) is 19.2. The monoisotopic (exact) mass is 975 g/mol. The van der Waals surface area contributed by atoms with E-state index in [0.29, 0.717) is 0 Å². The fourth-order valence-electron chi connectivity index (χ4n) is 5.21. The van der Waals surface area contributed by atoms with Crippen molar-refractivity contribution < 1.29 is 60.6 Å². The molecular weight excluding hydrogens is 919 g/mol. The summed E-state index contributed by atoms with van der Waals surface area (Å²) in [4.78, 5) is 32.0. The molecule has 3 aromatic heterocycles. The maximum Gasteiger partial charge on any atom is 0.164 e. The number of ketones is 2. The summed E-state index contributed by atoms with van der Waals surface area (Å²) < 4.78 is 2.27. The maximum atomic E-state index is 11.5. The summed E-state index contributed by atoms with van der Waals surface area (Å²) in [7, 11) is 0. The van der Waals surface area contributed by atoms with Gasteiger partial charge >= 0.3 is 0 Å². The molecule has 6 rings (SSSR count). The number of aromatic nitrogens is 3. The van der Waals surface area contributed by atoms with Gasteiger partial charge in [0, 0.05) is 92.7 Å². The molecule has 0 saturated heterocycles. The van der Waals surface area contributed by atoms with Gasteiger partial charge in [-0.15, -0.1) is 47.5 Å². The number of pyridine rings is 2. The number of fused-ring (bicyclic) bond motifs is 3. The number of nitrogens with zero attached hydrogens (tertiary/aromatic N) is 3. The summed E-state index contributed by atoms with van der Waals surface area (Å²) in [6.45, 7) is 22.2. The number of para-hydroxylation sites is 1. The van der Waals surface area contributed by atoms with Gasteiger partial charge in [-0.05, 0) is 46.7 Å². The first-order valence-electron chi connectivity index (χ1n) is 19.2. The summed E-state index contributed by atoms with van der Waals surface area (Å²) in [5.74, 6) is 0.208. The van der Waals surface area contributed by atoms with E-state index in [0.717, 1.165) is 50.0 Å². The van der Waals surface area contributed by atoms with Crippen LogP contribution in [0.3, 0.4) is 0 Å². The van der Waals surface area contributed by atoms with Crippen LogP contribution in [0.5, 0.6) is 0 Å². The summed E-state index contributed by atoms with van der Waals surface area (Å²) in [5.41, 5.74) is 5.58. The Balaban J connectivity index is 0.000000361. The van der Waals surface area contributed by atoms with Crippen LogP contribution in [0.4, 0.5) is 0 Å². The molecule has 0 radical (unpaired) electrons. The van der Waals surface area contributed by atoms with Crippen LogP contribution in [0.15, 0.2) is 127 Å². The third kappa shape index (κ3) is 13.8. The fourth-order valence-corrected chi connectivity index (χ4v) is 5.21. The second kappa shape index (κ2) is 20.7. The fraction of sp³-hybridized carbons (Fsp3) is 0.320. The summed E-state index contributed by atoms with van der Waals surface area (Å²) in [6.07, 6.45) is 6.30. The summed E-state index contributed by atoms with van der Waals surface area (Å²) in [5, 5.41) is 21.4. The maximum absolute atomic E-state index is 11.5. The number of rotatable bonds is 5.